The van der Waals surface area contributed by atoms with Crippen molar-refractivity contribution in [2.75, 3.05) is 26.2 Å². The summed E-state index contributed by atoms with van der Waals surface area (Å²) in [6, 6.07) is 0. The molecule has 2 fully saturated rings. The van der Waals surface area contributed by atoms with Crippen molar-refractivity contribution in [3.63, 3.8) is 0 Å². The van der Waals surface area contributed by atoms with E-state index in [1.165, 1.54) is 0 Å². The van der Waals surface area contributed by atoms with E-state index in [9.17, 15) is 19.2 Å². The lowest BCUT2D eigenvalue weighted by Crippen LogP contribution is -2.41. The third-order valence-electron chi connectivity index (χ3n) is 6.48. The highest BCUT2D eigenvalue weighted by atomic mass is 16.2. The zero-order valence-electron chi connectivity index (χ0n) is 21.3. The van der Waals surface area contributed by atoms with Crippen LogP contribution in [0.2, 0.25) is 0 Å². The third-order valence-corrected chi connectivity index (χ3v) is 6.48. The number of rotatable bonds is 10. The van der Waals surface area contributed by atoms with Gasteiger partial charge in [0.2, 0.25) is 0 Å². The molecule has 2 aliphatic carbocycles. The summed E-state index contributed by atoms with van der Waals surface area (Å²) in [5.41, 5.74) is 0.798. The average Bonchev–Trinajstić information content (AvgIpc) is 2.63. The van der Waals surface area contributed by atoms with Gasteiger partial charge < -0.3 is 5.32 Å². The van der Waals surface area contributed by atoms with Crippen molar-refractivity contribution in [1.29, 1.82) is 0 Å². The van der Waals surface area contributed by atoms with E-state index >= 15 is 0 Å². The van der Waals surface area contributed by atoms with Gasteiger partial charge >= 0.3 is 0 Å². The first-order valence-electron chi connectivity index (χ1n) is 12.2. The standard InChI is InChI=1S/C26H41N3O4/c1-17(23-19(30)13-25(3,4)14-20(23)31)28-11-7-9-27-10-8-12-29-18(2)24-21(32)15-26(5,6)16-22(24)33/h23-24,27H,7-16H2,1-6H3. The molecule has 0 spiro atoms. The number of aliphatic imine (C=N–C) groups is 2. The summed E-state index contributed by atoms with van der Waals surface area (Å²) in [5.74, 6) is -1.33. The largest absolute Gasteiger partial charge is 0.317 e. The Bertz CT molecular complexity index is 730. The Kier molecular flexibility index (Phi) is 9.41. The predicted molar refractivity (Wildman–Crippen MR) is 131 cm³/mol. The maximum atomic E-state index is 12.3. The fourth-order valence-corrected chi connectivity index (χ4v) is 4.94. The number of nitrogens with zero attached hydrogens (tertiary/aromatic N) is 2. The van der Waals surface area contributed by atoms with Crippen LogP contribution in [0.15, 0.2) is 9.98 Å². The predicted octanol–water partition coefficient (Wildman–Crippen LogP) is 3.43. The zero-order chi connectivity index (χ0) is 24.8. The van der Waals surface area contributed by atoms with Crippen molar-refractivity contribution < 1.29 is 19.2 Å². The number of Topliss-reactive ketones (excluding diaryl/α,β-unsaturated/α-hetero) is 4. The van der Waals surface area contributed by atoms with Crippen molar-refractivity contribution in [1.82, 2.24) is 5.32 Å². The Morgan fingerprint density at radius 3 is 1.30 bits per heavy atom. The smallest absolute Gasteiger partial charge is 0.149 e. The van der Waals surface area contributed by atoms with Crippen LogP contribution in [0.4, 0.5) is 0 Å². The van der Waals surface area contributed by atoms with Gasteiger partial charge in [0, 0.05) is 50.2 Å². The lowest BCUT2D eigenvalue weighted by atomic mass is 9.70. The van der Waals surface area contributed by atoms with Crippen molar-refractivity contribution in [3.05, 3.63) is 0 Å². The molecule has 0 unspecified atom stereocenters. The van der Waals surface area contributed by atoms with Gasteiger partial charge in [-0.05, 0) is 50.6 Å². The molecule has 0 amide bonds. The van der Waals surface area contributed by atoms with Crippen LogP contribution in [-0.2, 0) is 19.2 Å². The summed E-state index contributed by atoms with van der Waals surface area (Å²) < 4.78 is 0. The Hall–Kier alpha value is -2.02. The fourth-order valence-electron chi connectivity index (χ4n) is 4.94. The molecule has 0 aliphatic heterocycles. The summed E-state index contributed by atoms with van der Waals surface area (Å²) in [5, 5.41) is 3.34. The van der Waals surface area contributed by atoms with Gasteiger partial charge in [0.25, 0.3) is 0 Å². The number of carbonyl (C=O) groups is 4. The van der Waals surface area contributed by atoms with Gasteiger partial charge in [-0.1, -0.05) is 27.7 Å². The molecular weight excluding hydrogens is 418 g/mol. The normalized spacial score (nSPS) is 22.8. The fraction of sp³-hybridized carbons (Fsp3) is 0.769. The molecular formula is C26H41N3O4. The number of ketones is 4. The van der Waals surface area contributed by atoms with Crippen molar-refractivity contribution >= 4 is 34.6 Å². The molecule has 0 heterocycles. The van der Waals surface area contributed by atoms with E-state index in [2.05, 4.69) is 15.3 Å². The van der Waals surface area contributed by atoms with Crippen LogP contribution in [0.3, 0.4) is 0 Å². The van der Waals surface area contributed by atoms with E-state index in [1.807, 2.05) is 27.7 Å². The minimum atomic E-state index is -0.652. The number of hydrogen-bond donors (Lipinski definition) is 1. The molecule has 33 heavy (non-hydrogen) atoms. The minimum absolute atomic E-state index is 0.00758. The van der Waals surface area contributed by atoms with Gasteiger partial charge in [-0.3, -0.25) is 29.2 Å². The molecule has 2 rings (SSSR count). The first-order valence-corrected chi connectivity index (χ1v) is 12.2. The van der Waals surface area contributed by atoms with Crippen LogP contribution >= 0.6 is 0 Å². The maximum Gasteiger partial charge on any atom is 0.149 e. The lowest BCUT2D eigenvalue weighted by Gasteiger charge is -2.31. The average molecular weight is 460 g/mol. The molecule has 184 valence electrons. The third kappa shape index (κ3) is 8.05. The Morgan fingerprint density at radius 1 is 0.697 bits per heavy atom. The van der Waals surface area contributed by atoms with Crippen molar-refractivity contribution in [2.24, 2.45) is 32.7 Å². The molecule has 0 radical (unpaired) electrons. The molecule has 0 aromatic carbocycles. The molecule has 1 N–H and O–H groups in total. The quantitative estimate of drug-likeness (QED) is 0.306. The van der Waals surface area contributed by atoms with E-state index in [1.54, 1.807) is 13.8 Å². The summed E-state index contributed by atoms with van der Waals surface area (Å²) in [6.07, 6.45) is 3.37. The molecule has 0 bridgehead atoms. The van der Waals surface area contributed by atoms with Crippen LogP contribution in [0.25, 0.3) is 0 Å². The topological polar surface area (TPSA) is 105 Å². The Morgan fingerprint density at radius 2 is 1.00 bits per heavy atom. The molecule has 7 heteroatoms. The van der Waals surface area contributed by atoms with Gasteiger partial charge in [-0.15, -0.1) is 0 Å². The Balaban J connectivity index is 1.64. The molecule has 0 saturated heterocycles. The summed E-state index contributed by atoms with van der Waals surface area (Å²) in [6.45, 7) is 14.1. The molecule has 7 nitrogen and oxygen atoms in total. The number of nitrogens with one attached hydrogen (secondary N) is 1. The molecule has 2 saturated carbocycles. The minimum Gasteiger partial charge on any atom is -0.317 e. The van der Waals surface area contributed by atoms with E-state index in [0.29, 0.717) is 50.2 Å². The maximum absolute atomic E-state index is 12.3. The van der Waals surface area contributed by atoms with Crippen LogP contribution in [0, 0.1) is 22.7 Å². The monoisotopic (exact) mass is 459 g/mol. The first kappa shape index (κ1) is 27.2. The second kappa shape index (κ2) is 11.4. The Labute approximate surface area is 198 Å². The van der Waals surface area contributed by atoms with Gasteiger partial charge in [0.05, 0.1) is 0 Å². The van der Waals surface area contributed by atoms with Crippen LogP contribution in [0.5, 0.6) is 0 Å². The summed E-state index contributed by atoms with van der Waals surface area (Å²) in [7, 11) is 0. The summed E-state index contributed by atoms with van der Waals surface area (Å²) >= 11 is 0. The van der Waals surface area contributed by atoms with Gasteiger partial charge in [0.1, 0.15) is 35.0 Å². The summed E-state index contributed by atoms with van der Waals surface area (Å²) in [4.78, 5) is 58.4. The SMILES string of the molecule is CC(=NCCCNCCCN=C(C)C1C(=O)CC(C)(C)CC1=O)C1C(=O)CC(C)(C)CC1=O. The second-order valence-electron chi connectivity index (χ2n) is 11.3. The highest BCUT2D eigenvalue weighted by molar-refractivity contribution is 6.22. The van der Waals surface area contributed by atoms with Gasteiger partial charge in [-0.2, -0.15) is 0 Å². The van der Waals surface area contributed by atoms with E-state index in [-0.39, 0.29) is 34.0 Å². The van der Waals surface area contributed by atoms with Gasteiger partial charge in [0.15, 0.2) is 0 Å². The second-order valence-corrected chi connectivity index (χ2v) is 11.3. The van der Waals surface area contributed by atoms with Crippen LogP contribution < -0.4 is 5.32 Å². The molecule has 0 atom stereocenters. The number of carbonyl (C=O) groups excluding carboxylic acids is 4. The van der Waals surface area contributed by atoms with E-state index < -0.39 is 11.8 Å². The molecule has 2 aliphatic rings. The zero-order valence-corrected chi connectivity index (χ0v) is 21.3. The van der Waals surface area contributed by atoms with Crippen molar-refractivity contribution in [3.8, 4) is 0 Å². The highest BCUT2D eigenvalue weighted by Crippen LogP contribution is 2.35. The van der Waals surface area contributed by atoms with Crippen LogP contribution in [-0.4, -0.2) is 60.7 Å². The molecule has 0 aromatic rings. The van der Waals surface area contributed by atoms with Gasteiger partial charge in [-0.25, -0.2) is 0 Å². The van der Waals surface area contributed by atoms with E-state index in [0.717, 1.165) is 25.9 Å². The van der Waals surface area contributed by atoms with E-state index in [4.69, 9.17) is 0 Å². The molecule has 0 aromatic heterocycles. The van der Waals surface area contributed by atoms with Crippen molar-refractivity contribution in [2.45, 2.75) is 80.1 Å². The number of hydrogen-bond acceptors (Lipinski definition) is 7. The lowest BCUT2D eigenvalue weighted by molar-refractivity contribution is -0.138. The first-order chi connectivity index (χ1) is 15.3. The highest BCUT2D eigenvalue weighted by Gasteiger charge is 2.41. The van der Waals surface area contributed by atoms with Crippen LogP contribution in [0.1, 0.15) is 80.1 Å².